The molecule has 1 unspecified atom stereocenters. The van der Waals surface area contributed by atoms with Gasteiger partial charge >= 0.3 is 0 Å². The molecule has 2 heteroatoms. The van der Waals surface area contributed by atoms with Gasteiger partial charge in [0.15, 0.2) is 0 Å². The summed E-state index contributed by atoms with van der Waals surface area (Å²) in [5.74, 6) is 0. The molecule has 0 rings (SSSR count). The van der Waals surface area contributed by atoms with Crippen LogP contribution >= 0.6 is 0 Å². The monoisotopic (exact) mass is 145 g/mol. The maximum absolute atomic E-state index is 9.60. The normalized spacial score (nSPS) is 17.1. The number of hydrogen-bond acceptors (Lipinski definition) is 2. The average Bonchev–Trinajstić information content (AvgIpc) is 1.59. The fourth-order valence-electron chi connectivity index (χ4n) is 1.12. The Balaban J connectivity index is 4.23. The summed E-state index contributed by atoms with van der Waals surface area (Å²) in [6.45, 7) is 9.61. The molecule has 0 aromatic heterocycles. The smallest absolute Gasteiger partial charge is 0.0762 e. The van der Waals surface area contributed by atoms with Gasteiger partial charge in [-0.3, -0.25) is 0 Å². The van der Waals surface area contributed by atoms with Crippen LogP contribution in [0.4, 0.5) is 0 Å². The maximum atomic E-state index is 9.60. The molecule has 0 bridgehead atoms. The number of aliphatic hydroxyl groups is 1. The number of hydrogen-bond donors (Lipinski definition) is 2. The molecule has 0 heterocycles. The average molecular weight is 145 g/mol. The Morgan fingerprint density at radius 3 is 1.40 bits per heavy atom. The molecule has 0 aromatic carbocycles. The van der Waals surface area contributed by atoms with E-state index >= 15 is 0 Å². The molecular formula is C8H19NO. The highest BCUT2D eigenvalue weighted by molar-refractivity contribution is 4.89. The van der Waals surface area contributed by atoms with Gasteiger partial charge in [-0.15, -0.1) is 0 Å². The van der Waals surface area contributed by atoms with E-state index in [4.69, 9.17) is 5.73 Å². The van der Waals surface area contributed by atoms with Gasteiger partial charge < -0.3 is 10.8 Å². The zero-order valence-electron chi connectivity index (χ0n) is 7.60. The summed E-state index contributed by atoms with van der Waals surface area (Å²) in [4.78, 5) is 0. The summed E-state index contributed by atoms with van der Waals surface area (Å²) >= 11 is 0. The van der Waals surface area contributed by atoms with Crippen LogP contribution in [-0.4, -0.2) is 16.7 Å². The van der Waals surface area contributed by atoms with Crippen molar-refractivity contribution >= 4 is 0 Å². The van der Waals surface area contributed by atoms with Crippen molar-refractivity contribution in [3.63, 3.8) is 0 Å². The van der Waals surface area contributed by atoms with Crippen molar-refractivity contribution < 1.29 is 5.11 Å². The van der Waals surface area contributed by atoms with Crippen molar-refractivity contribution in [2.45, 2.75) is 46.3 Å². The summed E-state index contributed by atoms with van der Waals surface area (Å²) in [7, 11) is 0. The molecule has 0 amide bonds. The third-order valence-corrected chi connectivity index (χ3v) is 1.53. The van der Waals surface area contributed by atoms with Crippen LogP contribution in [0.5, 0.6) is 0 Å². The van der Waals surface area contributed by atoms with Crippen molar-refractivity contribution in [3.8, 4) is 0 Å². The highest BCUT2D eigenvalue weighted by atomic mass is 16.3. The van der Waals surface area contributed by atoms with Gasteiger partial charge in [-0.05, 0) is 19.3 Å². The molecule has 0 spiro atoms. The SMILES string of the molecule is CC(C)(C)C(O)C(C)(C)N. The zero-order chi connectivity index (χ0) is 8.58. The Bertz CT molecular complexity index is 93.4. The summed E-state index contributed by atoms with van der Waals surface area (Å²) < 4.78 is 0. The van der Waals surface area contributed by atoms with Gasteiger partial charge in [0.2, 0.25) is 0 Å². The molecule has 0 radical (unpaired) electrons. The van der Waals surface area contributed by atoms with Crippen molar-refractivity contribution in [1.82, 2.24) is 0 Å². The summed E-state index contributed by atoms with van der Waals surface area (Å²) in [5.41, 5.74) is 5.09. The van der Waals surface area contributed by atoms with Crippen molar-refractivity contribution in [1.29, 1.82) is 0 Å². The van der Waals surface area contributed by atoms with E-state index < -0.39 is 11.6 Å². The van der Waals surface area contributed by atoms with Gasteiger partial charge in [0.1, 0.15) is 0 Å². The third kappa shape index (κ3) is 2.67. The molecule has 62 valence electrons. The number of rotatable bonds is 1. The van der Waals surface area contributed by atoms with E-state index in [2.05, 4.69) is 0 Å². The molecule has 0 aromatic rings. The second kappa shape index (κ2) is 2.51. The summed E-state index contributed by atoms with van der Waals surface area (Å²) in [5, 5.41) is 9.60. The van der Waals surface area contributed by atoms with E-state index in [1.54, 1.807) is 0 Å². The fourth-order valence-corrected chi connectivity index (χ4v) is 1.12. The second-order valence-electron chi connectivity index (χ2n) is 4.59. The van der Waals surface area contributed by atoms with E-state index in [1.165, 1.54) is 0 Å². The zero-order valence-corrected chi connectivity index (χ0v) is 7.60. The topological polar surface area (TPSA) is 46.2 Å². The van der Waals surface area contributed by atoms with Crippen molar-refractivity contribution in [2.75, 3.05) is 0 Å². The van der Waals surface area contributed by atoms with Crippen molar-refractivity contribution in [2.24, 2.45) is 11.1 Å². The van der Waals surface area contributed by atoms with Gasteiger partial charge in [0, 0.05) is 5.54 Å². The van der Waals surface area contributed by atoms with Crippen LogP contribution in [0.25, 0.3) is 0 Å². The standard InChI is InChI=1S/C8H19NO/c1-7(2,3)6(10)8(4,5)9/h6,10H,9H2,1-5H3. The Morgan fingerprint density at radius 2 is 1.40 bits per heavy atom. The van der Waals surface area contributed by atoms with Crippen LogP contribution in [0.2, 0.25) is 0 Å². The molecule has 10 heavy (non-hydrogen) atoms. The molecule has 0 aliphatic heterocycles. The van der Waals surface area contributed by atoms with E-state index in [0.29, 0.717) is 0 Å². The molecule has 0 saturated carbocycles. The van der Waals surface area contributed by atoms with Crippen LogP contribution in [0.3, 0.4) is 0 Å². The van der Waals surface area contributed by atoms with Gasteiger partial charge in [-0.2, -0.15) is 0 Å². The first-order chi connectivity index (χ1) is 4.15. The number of nitrogens with two attached hydrogens (primary N) is 1. The van der Waals surface area contributed by atoms with Crippen LogP contribution in [0.1, 0.15) is 34.6 Å². The second-order valence-corrected chi connectivity index (χ2v) is 4.59. The lowest BCUT2D eigenvalue weighted by Crippen LogP contribution is -2.51. The Hall–Kier alpha value is -0.0800. The highest BCUT2D eigenvalue weighted by Gasteiger charge is 2.33. The van der Waals surface area contributed by atoms with Crippen LogP contribution < -0.4 is 5.73 Å². The maximum Gasteiger partial charge on any atom is 0.0762 e. The quantitative estimate of drug-likeness (QED) is 0.581. The predicted octanol–water partition coefficient (Wildman–Crippen LogP) is 1.13. The fraction of sp³-hybridized carbons (Fsp3) is 1.00. The largest absolute Gasteiger partial charge is 0.391 e. The minimum Gasteiger partial charge on any atom is -0.391 e. The molecule has 0 aliphatic rings. The Labute approximate surface area is 63.4 Å². The van der Waals surface area contributed by atoms with Gasteiger partial charge in [-0.25, -0.2) is 0 Å². The lowest BCUT2D eigenvalue weighted by atomic mass is 9.79. The first-order valence-corrected chi connectivity index (χ1v) is 3.62. The first-order valence-electron chi connectivity index (χ1n) is 3.62. The van der Waals surface area contributed by atoms with E-state index in [-0.39, 0.29) is 5.41 Å². The molecule has 0 aliphatic carbocycles. The van der Waals surface area contributed by atoms with Crippen LogP contribution in [-0.2, 0) is 0 Å². The van der Waals surface area contributed by atoms with E-state index in [0.717, 1.165) is 0 Å². The Morgan fingerprint density at radius 1 is 1.10 bits per heavy atom. The number of aliphatic hydroxyl groups excluding tert-OH is 1. The molecule has 1 atom stereocenters. The Kier molecular flexibility index (Phi) is 2.49. The molecular weight excluding hydrogens is 126 g/mol. The minimum atomic E-state index is -0.502. The summed E-state index contributed by atoms with van der Waals surface area (Å²) in [6, 6.07) is 0. The predicted molar refractivity (Wildman–Crippen MR) is 43.7 cm³/mol. The summed E-state index contributed by atoms with van der Waals surface area (Å²) in [6.07, 6.45) is -0.458. The molecule has 0 saturated heterocycles. The van der Waals surface area contributed by atoms with E-state index in [9.17, 15) is 5.11 Å². The van der Waals surface area contributed by atoms with Crippen LogP contribution in [0, 0.1) is 5.41 Å². The highest BCUT2D eigenvalue weighted by Crippen LogP contribution is 2.25. The minimum absolute atomic E-state index is 0.127. The van der Waals surface area contributed by atoms with Gasteiger partial charge in [-0.1, -0.05) is 20.8 Å². The first kappa shape index (κ1) is 9.92. The van der Waals surface area contributed by atoms with Gasteiger partial charge in [0.25, 0.3) is 0 Å². The lowest BCUT2D eigenvalue weighted by Gasteiger charge is -2.36. The molecule has 2 nitrogen and oxygen atoms in total. The molecule has 3 N–H and O–H groups in total. The van der Waals surface area contributed by atoms with E-state index in [1.807, 2.05) is 34.6 Å². The van der Waals surface area contributed by atoms with Gasteiger partial charge in [0.05, 0.1) is 6.10 Å². The molecule has 0 fully saturated rings. The van der Waals surface area contributed by atoms with Crippen molar-refractivity contribution in [3.05, 3.63) is 0 Å². The lowest BCUT2D eigenvalue weighted by molar-refractivity contribution is 0.00957. The third-order valence-electron chi connectivity index (χ3n) is 1.53. The van der Waals surface area contributed by atoms with Crippen LogP contribution in [0.15, 0.2) is 0 Å².